The molecular weight excluding hydrogens is 622 g/mol. The molecule has 2 amide bonds. The fourth-order valence-corrected chi connectivity index (χ4v) is 8.92. The van der Waals surface area contributed by atoms with E-state index in [1.807, 2.05) is 24.3 Å². The van der Waals surface area contributed by atoms with Gasteiger partial charge >= 0.3 is 5.97 Å². The maximum Gasteiger partial charge on any atom is 0.330 e. The maximum atomic E-state index is 14.3. The third-order valence-electron chi connectivity index (χ3n) is 11.0. The molecular formula is C38H39N5O6. The molecule has 0 spiro atoms. The summed E-state index contributed by atoms with van der Waals surface area (Å²) in [5.41, 5.74) is 0.815. The molecule has 0 aliphatic heterocycles. The van der Waals surface area contributed by atoms with Crippen LogP contribution < -0.4 is 14.8 Å². The number of methoxy groups -OCH3 is 2. The first kappa shape index (κ1) is 32.2. The van der Waals surface area contributed by atoms with Gasteiger partial charge in [0.2, 0.25) is 0 Å². The average Bonchev–Trinajstić information content (AvgIpc) is 3.55. The van der Waals surface area contributed by atoms with Crippen molar-refractivity contribution < 1.29 is 29.0 Å². The number of nitrogens with one attached hydrogen (secondary N) is 1. The number of ether oxygens (including phenoxy) is 2. The van der Waals surface area contributed by atoms with Crippen molar-refractivity contribution in [1.82, 2.24) is 20.0 Å². The largest absolute Gasteiger partial charge is 0.496 e. The average molecular weight is 662 g/mol. The summed E-state index contributed by atoms with van der Waals surface area (Å²) < 4.78 is 13.2. The third kappa shape index (κ3) is 5.26. The van der Waals surface area contributed by atoms with Crippen molar-refractivity contribution in [3.05, 3.63) is 71.9 Å². The molecule has 252 valence electrons. The standard InChI is InChI=1S/C38H39N5O6/c1-42(15-7-14-39)36(45)28-12-13-30(27-9-5-4-8-26(27)28)43-31(34-32(48-2)10-6-11-33(34)49-3)21-29(41-43)35(44)40-38(37(46)47)24-17-22-16-23(19-24)20-25(38)18-22/h4-6,8-13,21-25H,7,15-20H2,1-3H3,(H,40,44)(H,46,47). The second-order valence-electron chi connectivity index (χ2n) is 13.6. The van der Waals surface area contributed by atoms with Gasteiger partial charge in [-0.1, -0.05) is 30.3 Å². The van der Waals surface area contributed by atoms with Crippen LogP contribution in [0.5, 0.6) is 11.5 Å². The van der Waals surface area contributed by atoms with E-state index in [2.05, 4.69) is 11.4 Å². The number of aromatic nitrogens is 2. The van der Waals surface area contributed by atoms with Gasteiger partial charge in [-0.3, -0.25) is 9.59 Å². The minimum absolute atomic E-state index is 0.0536. The number of aliphatic carboxylic acids is 1. The zero-order chi connectivity index (χ0) is 34.4. The Hall–Kier alpha value is -5.37. The Morgan fingerprint density at radius 2 is 1.59 bits per heavy atom. The molecule has 4 saturated carbocycles. The van der Waals surface area contributed by atoms with Gasteiger partial charge in [0.05, 0.1) is 43.7 Å². The first-order valence-corrected chi connectivity index (χ1v) is 16.7. The van der Waals surface area contributed by atoms with Gasteiger partial charge in [-0.25, -0.2) is 9.48 Å². The Bertz CT molecular complexity index is 1960. The lowest BCUT2D eigenvalue weighted by Gasteiger charge is -2.59. The summed E-state index contributed by atoms with van der Waals surface area (Å²) in [6.07, 6.45) is 4.59. The van der Waals surface area contributed by atoms with Crippen LogP contribution in [0, 0.1) is 35.0 Å². The molecule has 3 aromatic carbocycles. The fourth-order valence-electron chi connectivity index (χ4n) is 8.92. The highest BCUT2D eigenvalue weighted by molar-refractivity contribution is 6.09. The van der Waals surface area contributed by atoms with E-state index in [4.69, 9.17) is 19.8 Å². The van der Waals surface area contributed by atoms with E-state index < -0.39 is 17.4 Å². The zero-order valence-electron chi connectivity index (χ0n) is 27.8. The lowest BCUT2D eigenvalue weighted by atomic mass is 9.48. The molecule has 4 aliphatic carbocycles. The summed E-state index contributed by atoms with van der Waals surface area (Å²) in [7, 11) is 4.77. The second kappa shape index (κ2) is 12.6. The van der Waals surface area contributed by atoms with Crippen molar-refractivity contribution in [3.63, 3.8) is 0 Å². The molecule has 11 heteroatoms. The lowest BCUT2D eigenvalue weighted by Crippen LogP contribution is -2.70. The Kier molecular flexibility index (Phi) is 8.27. The molecule has 4 bridgehead atoms. The first-order chi connectivity index (χ1) is 23.7. The minimum atomic E-state index is -1.34. The van der Waals surface area contributed by atoms with Gasteiger partial charge in [0.1, 0.15) is 17.0 Å². The predicted molar refractivity (Wildman–Crippen MR) is 182 cm³/mol. The highest BCUT2D eigenvalue weighted by Gasteiger charge is 2.62. The molecule has 8 rings (SSSR count). The van der Waals surface area contributed by atoms with Crippen LogP contribution in [0.15, 0.2) is 60.7 Å². The third-order valence-corrected chi connectivity index (χ3v) is 11.0. The number of nitriles is 1. The van der Waals surface area contributed by atoms with Gasteiger partial charge < -0.3 is 24.8 Å². The SMILES string of the molecule is COc1cccc(OC)c1-c1cc(C(=O)NC2(C(=O)O)C3CC4CC(C3)CC2C4)nn1-c1ccc(C(=O)N(C)CCC#N)c2ccccc12. The normalized spacial score (nSPS) is 23.6. The number of amides is 2. The van der Waals surface area contributed by atoms with Crippen LogP contribution in [0.25, 0.3) is 27.7 Å². The van der Waals surface area contributed by atoms with Gasteiger partial charge in [0.25, 0.3) is 11.8 Å². The van der Waals surface area contributed by atoms with Crippen LogP contribution in [0.3, 0.4) is 0 Å². The highest BCUT2D eigenvalue weighted by Crippen LogP contribution is 2.58. The quantitative estimate of drug-likeness (QED) is 0.220. The molecule has 49 heavy (non-hydrogen) atoms. The van der Waals surface area contributed by atoms with Crippen molar-refractivity contribution in [2.24, 2.45) is 23.7 Å². The molecule has 0 radical (unpaired) electrons. The van der Waals surface area contributed by atoms with E-state index in [9.17, 15) is 19.5 Å². The van der Waals surface area contributed by atoms with Gasteiger partial charge in [-0.05, 0) is 91.5 Å². The maximum absolute atomic E-state index is 14.3. The summed E-state index contributed by atoms with van der Waals surface area (Å²) >= 11 is 0. The molecule has 1 heterocycles. The number of hydrogen-bond donors (Lipinski definition) is 2. The Labute approximate surface area is 284 Å². The van der Waals surface area contributed by atoms with Crippen molar-refractivity contribution in [3.8, 4) is 34.5 Å². The molecule has 4 aliphatic rings. The van der Waals surface area contributed by atoms with Gasteiger partial charge in [0.15, 0.2) is 5.69 Å². The highest BCUT2D eigenvalue weighted by atomic mass is 16.5. The number of carbonyl (C=O) groups is 3. The molecule has 0 unspecified atom stereocenters. The summed E-state index contributed by atoms with van der Waals surface area (Å²) in [5.74, 6) is 0.0135. The van der Waals surface area contributed by atoms with Gasteiger partial charge in [-0.2, -0.15) is 10.4 Å². The second-order valence-corrected chi connectivity index (χ2v) is 13.6. The fraction of sp³-hybridized carbons (Fsp3) is 0.395. The number of carboxylic acids is 1. The molecule has 4 fully saturated rings. The topological polar surface area (TPSA) is 147 Å². The van der Waals surface area contributed by atoms with E-state index in [0.29, 0.717) is 63.2 Å². The Balaban J connectivity index is 1.37. The monoisotopic (exact) mass is 661 g/mol. The Morgan fingerprint density at radius 3 is 2.18 bits per heavy atom. The number of nitrogens with zero attached hydrogens (tertiary/aromatic N) is 4. The first-order valence-electron chi connectivity index (χ1n) is 16.7. The molecule has 0 atom stereocenters. The van der Waals surface area contributed by atoms with E-state index in [1.165, 1.54) is 4.90 Å². The van der Waals surface area contributed by atoms with Crippen molar-refractivity contribution >= 4 is 28.6 Å². The molecule has 2 N–H and O–H groups in total. The van der Waals surface area contributed by atoms with E-state index in [-0.39, 0.29) is 29.9 Å². The number of hydrogen-bond acceptors (Lipinski definition) is 7. The minimum Gasteiger partial charge on any atom is -0.496 e. The number of fused-ring (bicyclic) bond motifs is 1. The smallest absolute Gasteiger partial charge is 0.330 e. The lowest BCUT2D eigenvalue weighted by molar-refractivity contribution is -0.163. The predicted octanol–water partition coefficient (Wildman–Crippen LogP) is 5.70. The van der Waals surface area contributed by atoms with Gasteiger partial charge in [-0.15, -0.1) is 0 Å². The number of benzene rings is 3. The van der Waals surface area contributed by atoms with Crippen molar-refractivity contribution in [1.29, 1.82) is 5.26 Å². The van der Waals surface area contributed by atoms with E-state index in [1.54, 1.807) is 62.3 Å². The van der Waals surface area contributed by atoms with Crippen LogP contribution >= 0.6 is 0 Å². The number of carboxylic acid groups (broad SMARTS) is 1. The van der Waals surface area contributed by atoms with Crippen LogP contribution in [0.1, 0.15) is 59.4 Å². The summed E-state index contributed by atoms with van der Waals surface area (Å²) in [5, 5.41) is 29.0. The van der Waals surface area contributed by atoms with Crippen LogP contribution in [0.2, 0.25) is 0 Å². The number of rotatable bonds is 10. The Morgan fingerprint density at radius 1 is 0.959 bits per heavy atom. The summed E-state index contributed by atoms with van der Waals surface area (Å²) in [6.45, 7) is 0.293. The number of carbonyl (C=O) groups excluding carboxylic acids is 2. The van der Waals surface area contributed by atoms with Crippen molar-refractivity contribution in [2.75, 3.05) is 27.8 Å². The molecule has 11 nitrogen and oxygen atoms in total. The van der Waals surface area contributed by atoms with Gasteiger partial charge in [0, 0.05) is 24.5 Å². The zero-order valence-corrected chi connectivity index (χ0v) is 27.8. The van der Waals surface area contributed by atoms with Crippen molar-refractivity contribution in [2.45, 2.75) is 44.1 Å². The molecule has 1 aromatic heterocycles. The van der Waals surface area contributed by atoms with E-state index >= 15 is 0 Å². The van der Waals surface area contributed by atoms with Crippen LogP contribution in [-0.2, 0) is 4.79 Å². The molecule has 4 aromatic rings. The summed E-state index contributed by atoms with van der Waals surface area (Å²) in [4.78, 5) is 42.4. The van der Waals surface area contributed by atoms with E-state index in [0.717, 1.165) is 32.1 Å². The summed E-state index contributed by atoms with van der Waals surface area (Å²) in [6, 6.07) is 20.1. The molecule has 0 saturated heterocycles. The van der Waals surface area contributed by atoms with Crippen LogP contribution in [0.4, 0.5) is 0 Å². The van der Waals surface area contributed by atoms with Crippen LogP contribution in [-0.4, -0.2) is 70.9 Å².